The first-order valence-electron chi connectivity index (χ1n) is 5.17. The van der Waals surface area contributed by atoms with Crippen molar-refractivity contribution in [1.29, 1.82) is 0 Å². The van der Waals surface area contributed by atoms with E-state index in [1.807, 2.05) is 0 Å². The number of amides is 1. The molecule has 1 aliphatic rings. The number of piperazine rings is 1. The van der Waals surface area contributed by atoms with Gasteiger partial charge in [0.1, 0.15) is 6.04 Å². The van der Waals surface area contributed by atoms with Gasteiger partial charge in [-0.15, -0.1) is 12.4 Å². The number of hydrogen-bond donors (Lipinski definition) is 2. The van der Waals surface area contributed by atoms with Crippen LogP contribution in [-0.2, 0) is 4.79 Å². The summed E-state index contributed by atoms with van der Waals surface area (Å²) in [5, 5.41) is 5.22. The first kappa shape index (κ1) is 16.5. The van der Waals surface area contributed by atoms with Gasteiger partial charge in [0.15, 0.2) is 0 Å². The van der Waals surface area contributed by atoms with Crippen molar-refractivity contribution in [2.45, 2.75) is 19.1 Å². The van der Waals surface area contributed by atoms with E-state index in [0.717, 1.165) is 0 Å². The monoisotopic (exact) mass is 275 g/mol. The Morgan fingerprint density at radius 1 is 1.41 bits per heavy atom. The maximum absolute atomic E-state index is 12.7. The number of carbonyl (C=O) groups excluding carboxylic acids is 1. The van der Waals surface area contributed by atoms with Crippen LogP contribution < -0.4 is 10.6 Å². The molecule has 1 saturated heterocycles. The highest BCUT2D eigenvalue weighted by molar-refractivity contribution is 5.85. The van der Waals surface area contributed by atoms with Crippen LogP contribution in [0.5, 0.6) is 0 Å². The van der Waals surface area contributed by atoms with Crippen LogP contribution >= 0.6 is 12.4 Å². The van der Waals surface area contributed by atoms with Crippen LogP contribution in [0.25, 0.3) is 0 Å². The minimum Gasteiger partial charge on any atom is -0.354 e. The molecule has 1 aliphatic heterocycles. The van der Waals surface area contributed by atoms with Crippen LogP contribution in [0.15, 0.2) is 0 Å². The Kier molecular flexibility index (Phi) is 6.81. The van der Waals surface area contributed by atoms with Crippen molar-refractivity contribution in [3.63, 3.8) is 0 Å². The van der Waals surface area contributed by atoms with E-state index in [-0.39, 0.29) is 19.0 Å². The normalized spacial score (nSPS) is 19.3. The Labute approximate surface area is 104 Å². The van der Waals surface area contributed by atoms with Gasteiger partial charge in [0.2, 0.25) is 5.91 Å². The first-order chi connectivity index (χ1) is 7.41. The average Bonchev–Trinajstić information content (AvgIpc) is 2.17. The molecule has 1 amide bonds. The summed E-state index contributed by atoms with van der Waals surface area (Å²) in [5.41, 5.74) is 0. The summed E-state index contributed by atoms with van der Waals surface area (Å²) < 4.78 is 38.2. The molecule has 17 heavy (non-hydrogen) atoms. The van der Waals surface area contributed by atoms with Gasteiger partial charge in [0.05, 0.1) is 0 Å². The second-order valence-electron chi connectivity index (χ2n) is 3.78. The maximum atomic E-state index is 12.7. The van der Waals surface area contributed by atoms with E-state index in [4.69, 9.17) is 0 Å². The van der Waals surface area contributed by atoms with Crippen molar-refractivity contribution in [3.8, 4) is 0 Å². The number of carbonyl (C=O) groups is 1. The fourth-order valence-electron chi connectivity index (χ4n) is 1.69. The fourth-order valence-corrected chi connectivity index (χ4v) is 1.69. The third kappa shape index (κ3) is 5.56. The quantitative estimate of drug-likeness (QED) is 0.783. The highest BCUT2D eigenvalue weighted by atomic mass is 35.5. The summed E-state index contributed by atoms with van der Waals surface area (Å²) in [6.45, 7) is 2.64. The van der Waals surface area contributed by atoms with E-state index in [9.17, 15) is 18.0 Å². The summed E-state index contributed by atoms with van der Waals surface area (Å²) in [6, 6.07) is -1.58. The van der Waals surface area contributed by atoms with Crippen molar-refractivity contribution in [1.82, 2.24) is 15.5 Å². The van der Waals surface area contributed by atoms with Gasteiger partial charge in [0.25, 0.3) is 0 Å². The maximum Gasteiger partial charge on any atom is 0.405 e. The smallest absolute Gasteiger partial charge is 0.354 e. The Hall–Kier alpha value is -0.530. The lowest BCUT2D eigenvalue weighted by Gasteiger charge is -2.35. The molecule has 1 heterocycles. The van der Waals surface area contributed by atoms with Gasteiger partial charge in [0, 0.05) is 39.6 Å². The van der Waals surface area contributed by atoms with E-state index in [0.29, 0.717) is 26.2 Å². The van der Waals surface area contributed by atoms with Crippen LogP contribution in [0.1, 0.15) is 6.92 Å². The summed E-state index contributed by atoms with van der Waals surface area (Å²) in [7, 11) is 0. The molecule has 1 fully saturated rings. The third-order valence-corrected chi connectivity index (χ3v) is 2.51. The molecule has 0 bridgehead atoms. The Bertz CT molecular complexity index is 244. The molecule has 4 nitrogen and oxygen atoms in total. The van der Waals surface area contributed by atoms with E-state index in [1.54, 1.807) is 0 Å². The van der Waals surface area contributed by atoms with Gasteiger partial charge in [-0.3, -0.25) is 9.69 Å². The highest BCUT2D eigenvalue weighted by Crippen LogP contribution is 2.24. The van der Waals surface area contributed by atoms with Crippen molar-refractivity contribution in [2.24, 2.45) is 0 Å². The topological polar surface area (TPSA) is 44.4 Å². The van der Waals surface area contributed by atoms with E-state index in [1.165, 1.54) is 11.8 Å². The predicted molar refractivity (Wildman–Crippen MR) is 60.2 cm³/mol. The summed E-state index contributed by atoms with van der Waals surface area (Å²) in [6.07, 6.45) is -4.31. The van der Waals surface area contributed by atoms with Crippen LogP contribution in [0.3, 0.4) is 0 Å². The van der Waals surface area contributed by atoms with Gasteiger partial charge in [-0.1, -0.05) is 0 Å². The summed E-state index contributed by atoms with van der Waals surface area (Å²) in [5.74, 6) is -0.440. The largest absolute Gasteiger partial charge is 0.405 e. The molecule has 0 spiro atoms. The fraction of sp³-hybridized carbons (Fsp3) is 0.889. The molecule has 0 saturated carbocycles. The molecular formula is C9H17ClF3N3O. The number of alkyl halides is 3. The third-order valence-electron chi connectivity index (χ3n) is 2.51. The lowest BCUT2D eigenvalue weighted by molar-refractivity contribution is -0.183. The molecule has 0 aromatic carbocycles. The molecule has 0 aromatic rings. The number of nitrogens with one attached hydrogen (secondary N) is 2. The number of nitrogens with zero attached hydrogens (tertiary/aromatic N) is 1. The molecule has 8 heteroatoms. The predicted octanol–water partition coefficient (Wildman–Crippen LogP) is 0.380. The second-order valence-corrected chi connectivity index (χ2v) is 3.78. The summed E-state index contributed by atoms with van der Waals surface area (Å²) >= 11 is 0. The van der Waals surface area contributed by atoms with Crippen LogP contribution in [0, 0.1) is 0 Å². The van der Waals surface area contributed by atoms with Crippen molar-refractivity contribution in [2.75, 3.05) is 32.7 Å². The molecule has 102 valence electrons. The lowest BCUT2D eigenvalue weighted by Crippen LogP contribution is -2.57. The molecule has 1 unspecified atom stereocenters. The van der Waals surface area contributed by atoms with Gasteiger partial charge in [-0.05, 0) is 0 Å². The Morgan fingerprint density at radius 3 is 2.35 bits per heavy atom. The van der Waals surface area contributed by atoms with E-state index >= 15 is 0 Å². The zero-order valence-electron chi connectivity index (χ0n) is 9.51. The minimum absolute atomic E-state index is 0. The first-order valence-corrected chi connectivity index (χ1v) is 5.17. The standard InChI is InChI=1S/C9H16F3N3O.ClH/c1-7(16)14-6-8(9(10,11)12)15-4-2-13-3-5-15;/h8,13H,2-6H2,1H3,(H,14,16);1H. The van der Waals surface area contributed by atoms with Gasteiger partial charge in [-0.25, -0.2) is 0 Å². The Morgan fingerprint density at radius 2 is 1.94 bits per heavy atom. The van der Waals surface area contributed by atoms with Crippen LogP contribution in [-0.4, -0.2) is 55.7 Å². The van der Waals surface area contributed by atoms with Crippen LogP contribution in [0.2, 0.25) is 0 Å². The van der Waals surface area contributed by atoms with Gasteiger partial charge >= 0.3 is 6.18 Å². The average molecular weight is 276 g/mol. The van der Waals surface area contributed by atoms with Crippen LogP contribution in [0.4, 0.5) is 13.2 Å². The number of halogens is 4. The van der Waals surface area contributed by atoms with Crippen molar-refractivity contribution in [3.05, 3.63) is 0 Å². The molecular weight excluding hydrogens is 259 g/mol. The molecule has 1 rings (SSSR count). The molecule has 2 N–H and O–H groups in total. The molecule has 0 aromatic heterocycles. The SMILES string of the molecule is CC(=O)NCC(N1CCNCC1)C(F)(F)F.Cl. The minimum atomic E-state index is -4.31. The van der Waals surface area contributed by atoms with Crippen molar-refractivity contribution >= 4 is 18.3 Å². The van der Waals surface area contributed by atoms with E-state index in [2.05, 4.69) is 10.6 Å². The second kappa shape index (κ2) is 7.03. The highest BCUT2D eigenvalue weighted by Gasteiger charge is 2.43. The van der Waals surface area contributed by atoms with Gasteiger partial charge in [-0.2, -0.15) is 13.2 Å². The zero-order chi connectivity index (χ0) is 12.2. The number of rotatable bonds is 3. The Balaban J connectivity index is 0.00000256. The van der Waals surface area contributed by atoms with Crippen molar-refractivity contribution < 1.29 is 18.0 Å². The van der Waals surface area contributed by atoms with E-state index < -0.39 is 18.1 Å². The van der Waals surface area contributed by atoms with Gasteiger partial charge < -0.3 is 10.6 Å². The molecule has 1 atom stereocenters. The summed E-state index contributed by atoms with van der Waals surface area (Å²) in [4.78, 5) is 12.0. The zero-order valence-corrected chi connectivity index (χ0v) is 10.3. The molecule has 0 radical (unpaired) electrons. The lowest BCUT2D eigenvalue weighted by atomic mass is 10.2. The molecule has 0 aliphatic carbocycles. The number of hydrogen-bond acceptors (Lipinski definition) is 3.